The summed E-state index contributed by atoms with van der Waals surface area (Å²) in [7, 11) is 1.45. The van der Waals surface area contributed by atoms with Gasteiger partial charge in [-0.2, -0.15) is 0 Å². The number of nitrogens with two attached hydrogens (primary N) is 1. The quantitative estimate of drug-likeness (QED) is 0.932. The molecule has 0 aliphatic heterocycles. The second kappa shape index (κ2) is 5.96. The van der Waals surface area contributed by atoms with Crippen molar-refractivity contribution in [2.24, 2.45) is 5.73 Å². The zero-order chi connectivity index (χ0) is 14.7. The Labute approximate surface area is 115 Å². The molecule has 0 saturated carbocycles. The van der Waals surface area contributed by atoms with Gasteiger partial charge >= 0.3 is 0 Å². The molecule has 2 N–H and O–H groups in total. The summed E-state index contributed by atoms with van der Waals surface area (Å²) in [6, 6.07) is 6.61. The third-order valence-electron chi connectivity index (χ3n) is 3.05. The van der Waals surface area contributed by atoms with E-state index in [9.17, 15) is 13.2 Å². The number of hydrogen-bond acceptors (Lipinski definition) is 2. The molecule has 2 aromatic carbocycles. The van der Waals surface area contributed by atoms with Crippen LogP contribution in [0.1, 0.15) is 17.2 Å². The lowest BCUT2D eigenvalue weighted by molar-refractivity contribution is 0.403. The van der Waals surface area contributed by atoms with Crippen LogP contribution < -0.4 is 10.5 Å². The van der Waals surface area contributed by atoms with Crippen molar-refractivity contribution >= 4 is 0 Å². The number of rotatable bonds is 4. The maximum Gasteiger partial charge on any atom is 0.129 e. The Kier molecular flexibility index (Phi) is 4.29. The van der Waals surface area contributed by atoms with Crippen LogP contribution in [0.5, 0.6) is 5.75 Å². The van der Waals surface area contributed by atoms with E-state index < -0.39 is 23.5 Å². The third-order valence-corrected chi connectivity index (χ3v) is 3.05. The fourth-order valence-corrected chi connectivity index (χ4v) is 2.03. The van der Waals surface area contributed by atoms with E-state index in [2.05, 4.69) is 0 Å². The molecule has 106 valence electrons. The summed E-state index contributed by atoms with van der Waals surface area (Å²) in [5.74, 6) is -1.34. The van der Waals surface area contributed by atoms with Crippen LogP contribution in [0.2, 0.25) is 0 Å². The minimum Gasteiger partial charge on any atom is -0.496 e. The average molecular weight is 281 g/mol. The van der Waals surface area contributed by atoms with Gasteiger partial charge in [0.2, 0.25) is 0 Å². The van der Waals surface area contributed by atoms with Gasteiger partial charge < -0.3 is 10.5 Å². The van der Waals surface area contributed by atoms with Gasteiger partial charge in [-0.3, -0.25) is 0 Å². The van der Waals surface area contributed by atoms with Crippen molar-refractivity contribution in [1.29, 1.82) is 0 Å². The van der Waals surface area contributed by atoms with Crippen LogP contribution in [0.25, 0.3) is 0 Å². The molecule has 0 aliphatic rings. The normalized spacial score (nSPS) is 12.2. The molecule has 20 heavy (non-hydrogen) atoms. The van der Waals surface area contributed by atoms with Crippen molar-refractivity contribution in [2.45, 2.75) is 12.5 Å². The minimum absolute atomic E-state index is 0.117. The highest BCUT2D eigenvalue weighted by atomic mass is 19.1. The highest BCUT2D eigenvalue weighted by molar-refractivity contribution is 5.37. The maximum absolute atomic E-state index is 13.6. The highest BCUT2D eigenvalue weighted by Crippen LogP contribution is 2.27. The predicted molar refractivity (Wildman–Crippen MR) is 69.9 cm³/mol. The Hall–Kier alpha value is -2.01. The predicted octanol–water partition coefficient (Wildman–Crippen LogP) is 3.36. The molecule has 0 saturated heterocycles. The lowest BCUT2D eigenvalue weighted by Crippen LogP contribution is -2.15. The van der Waals surface area contributed by atoms with Gasteiger partial charge in [-0.1, -0.05) is 6.07 Å². The first-order valence-electron chi connectivity index (χ1n) is 6.04. The Morgan fingerprint density at radius 3 is 2.35 bits per heavy atom. The van der Waals surface area contributed by atoms with Crippen LogP contribution in [0.15, 0.2) is 36.4 Å². The lowest BCUT2D eigenvalue weighted by atomic mass is 9.98. The van der Waals surface area contributed by atoms with Crippen LogP contribution in [-0.4, -0.2) is 7.11 Å². The summed E-state index contributed by atoms with van der Waals surface area (Å²) in [5, 5.41) is 0. The minimum atomic E-state index is -0.671. The van der Waals surface area contributed by atoms with Gasteiger partial charge in [0.15, 0.2) is 0 Å². The van der Waals surface area contributed by atoms with Gasteiger partial charge in [-0.05, 0) is 36.2 Å². The SMILES string of the molecule is COc1ccc(F)cc1C(N)Cc1ccc(F)cc1F. The molecule has 0 spiro atoms. The van der Waals surface area contributed by atoms with Crippen molar-refractivity contribution in [3.8, 4) is 5.75 Å². The molecule has 0 radical (unpaired) electrons. The van der Waals surface area contributed by atoms with E-state index in [1.54, 1.807) is 0 Å². The van der Waals surface area contributed by atoms with Gasteiger partial charge in [-0.25, -0.2) is 13.2 Å². The number of ether oxygens (including phenoxy) is 1. The number of benzene rings is 2. The summed E-state index contributed by atoms with van der Waals surface area (Å²) in [6.45, 7) is 0. The molecule has 0 aliphatic carbocycles. The van der Waals surface area contributed by atoms with Crippen molar-refractivity contribution < 1.29 is 17.9 Å². The first kappa shape index (κ1) is 14.4. The molecular formula is C15H14F3NO. The molecule has 2 rings (SSSR count). The standard InChI is InChI=1S/C15H14F3NO/c1-20-15-5-4-10(16)7-12(15)14(19)6-9-2-3-11(17)8-13(9)18/h2-5,7-8,14H,6,19H2,1H3. The van der Waals surface area contributed by atoms with Crippen LogP contribution in [0.3, 0.4) is 0 Å². The molecule has 0 bridgehead atoms. The van der Waals surface area contributed by atoms with E-state index in [4.69, 9.17) is 10.5 Å². The second-order valence-electron chi connectivity index (χ2n) is 4.43. The highest BCUT2D eigenvalue weighted by Gasteiger charge is 2.16. The van der Waals surface area contributed by atoms with Crippen LogP contribution in [-0.2, 0) is 6.42 Å². The summed E-state index contributed by atoms with van der Waals surface area (Å²) in [4.78, 5) is 0. The molecule has 0 fully saturated rings. The zero-order valence-corrected chi connectivity index (χ0v) is 10.9. The van der Waals surface area contributed by atoms with Crippen molar-refractivity contribution in [1.82, 2.24) is 0 Å². The fraction of sp³-hybridized carbons (Fsp3) is 0.200. The molecule has 2 aromatic rings. The maximum atomic E-state index is 13.6. The molecule has 1 unspecified atom stereocenters. The van der Waals surface area contributed by atoms with Gasteiger partial charge in [0.1, 0.15) is 23.2 Å². The number of halogens is 3. The van der Waals surface area contributed by atoms with Crippen molar-refractivity contribution in [2.75, 3.05) is 7.11 Å². The summed E-state index contributed by atoms with van der Waals surface area (Å²) in [5.41, 5.74) is 6.68. The topological polar surface area (TPSA) is 35.2 Å². The Morgan fingerprint density at radius 1 is 1.05 bits per heavy atom. The Morgan fingerprint density at radius 2 is 1.70 bits per heavy atom. The van der Waals surface area contributed by atoms with E-state index in [1.165, 1.54) is 31.4 Å². The van der Waals surface area contributed by atoms with Crippen molar-refractivity contribution in [3.63, 3.8) is 0 Å². The molecule has 0 aromatic heterocycles. The molecule has 1 atom stereocenters. The van der Waals surface area contributed by atoms with Gasteiger partial charge in [0.25, 0.3) is 0 Å². The van der Waals surface area contributed by atoms with E-state index in [1.807, 2.05) is 0 Å². The lowest BCUT2D eigenvalue weighted by Gasteiger charge is -2.16. The number of hydrogen-bond donors (Lipinski definition) is 1. The van der Waals surface area contributed by atoms with E-state index in [0.717, 1.165) is 12.1 Å². The van der Waals surface area contributed by atoms with Gasteiger partial charge in [0, 0.05) is 17.7 Å². The van der Waals surface area contributed by atoms with Gasteiger partial charge in [-0.15, -0.1) is 0 Å². The molecule has 5 heteroatoms. The second-order valence-corrected chi connectivity index (χ2v) is 4.43. The molecular weight excluding hydrogens is 267 g/mol. The molecule has 0 heterocycles. The molecule has 2 nitrogen and oxygen atoms in total. The Balaban J connectivity index is 2.27. The van der Waals surface area contributed by atoms with E-state index in [-0.39, 0.29) is 12.0 Å². The van der Waals surface area contributed by atoms with Crippen LogP contribution in [0.4, 0.5) is 13.2 Å². The smallest absolute Gasteiger partial charge is 0.129 e. The average Bonchev–Trinajstić information content (AvgIpc) is 2.41. The first-order valence-corrected chi connectivity index (χ1v) is 6.04. The largest absolute Gasteiger partial charge is 0.496 e. The fourth-order valence-electron chi connectivity index (χ4n) is 2.03. The Bertz CT molecular complexity index is 616. The van der Waals surface area contributed by atoms with Crippen molar-refractivity contribution in [3.05, 3.63) is 65.0 Å². The number of methoxy groups -OCH3 is 1. The monoisotopic (exact) mass is 281 g/mol. The molecule has 0 amide bonds. The summed E-state index contributed by atoms with van der Waals surface area (Å²) in [6.07, 6.45) is 0.117. The summed E-state index contributed by atoms with van der Waals surface area (Å²) >= 11 is 0. The summed E-state index contributed by atoms with van der Waals surface area (Å²) < 4.78 is 44.8. The van der Waals surface area contributed by atoms with Crippen LogP contribution >= 0.6 is 0 Å². The van der Waals surface area contributed by atoms with Crippen LogP contribution in [0, 0.1) is 17.5 Å². The van der Waals surface area contributed by atoms with E-state index in [0.29, 0.717) is 11.3 Å². The zero-order valence-electron chi connectivity index (χ0n) is 10.9. The van der Waals surface area contributed by atoms with Gasteiger partial charge in [0.05, 0.1) is 7.11 Å². The van der Waals surface area contributed by atoms with E-state index >= 15 is 0 Å². The first-order chi connectivity index (χ1) is 9.51. The third kappa shape index (κ3) is 3.11.